The average molecular weight is 291 g/mol. The molecule has 1 fully saturated rings. The minimum atomic E-state index is 0.0206. The van der Waals surface area contributed by atoms with Crippen molar-refractivity contribution in [3.8, 4) is 0 Å². The van der Waals surface area contributed by atoms with Gasteiger partial charge in [-0.2, -0.15) is 0 Å². The Hall–Kier alpha value is -1.62. The van der Waals surface area contributed by atoms with Crippen molar-refractivity contribution in [3.05, 3.63) is 23.9 Å². The van der Waals surface area contributed by atoms with E-state index in [9.17, 15) is 4.79 Å². The van der Waals surface area contributed by atoms with E-state index in [2.05, 4.69) is 17.2 Å². The van der Waals surface area contributed by atoms with E-state index in [0.717, 1.165) is 45.6 Å². The van der Waals surface area contributed by atoms with Crippen molar-refractivity contribution in [3.63, 3.8) is 0 Å². The Kier molecular flexibility index (Phi) is 5.99. The van der Waals surface area contributed by atoms with Crippen LogP contribution in [0, 0.1) is 5.92 Å². The maximum atomic E-state index is 12.6. The second kappa shape index (κ2) is 7.98. The highest BCUT2D eigenvalue weighted by atomic mass is 16.5. The molecule has 1 aliphatic rings. The highest BCUT2D eigenvalue weighted by molar-refractivity contribution is 5.98. The van der Waals surface area contributed by atoms with Crippen LogP contribution in [0.3, 0.4) is 0 Å². The van der Waals surface area contributed by atoms with Crippen molar-refractivity contribution in [1.82, 2.24) is 9.88 Å². The lowest BCUT2D eigenvalue weighted by molar-refractivity contribution is 0.0389. The Labute approximate surface area is 126 Å². The van der Waals surface area contributed by atoms with Crippen molar-refractivity contribution in [2.45, 2.75) is 26.2 Å². The largest absolute Gasteiger partial charge is 0.381 e. The highest BCUT2D eigenvalue weighted by Crippen LogP contribution is 2.18. The Balaban J connectivity index is 2.00. The lowest BCUT2D eigenvalue weighted by Crippen LogP contribution is -2.35. The van der Waals surface area contributed by atoms with Crippen LogP contribution in [0.5, 0.6) is 0 Å². The number of nitrogens with one attached hydrogen (secondary N) is 1. The Morgan fingerprint density at radius 3 is 3.14 bits per heavy atom. The van der Waals surface area contributed by atoms with Crippen LogP contribution in [0.1, 0.15) is 36.5 Å². The van der Waals surface area contributed by atoms with Crippen LogP contribution in [-0.4, -0.2) is 49.1 Å². The molecule has 0 bridgehead atoms. The van der Waals surface area contributed by atoms with Gasteiger partial charge in [-0.1, -0.05) is 6.92 Å². The van der Waals surface area contributed by atoms with Gasteiger partial charge in [0.1, 0.15) is 5.82 Å². The van der Waals surface area contributed by atoms with Crippen molar-refractivity contribution in [1.29, 1.82) is 0 Å². The molecule has 1 aromatic rings. The van der Waals surface area contributed by atoms with Gasteiger partial charge in [0.25, 0.3) is 5.91 Å². The number of hydrogen-bond acceptors (Lipinski definition) is 4. The third kappa shape index (κ3) is 4.43. The number of pyridine rings is 1. The van der Waals surface area contributed by atoms with E-state index in [1.807, 2.05) is 19.2 Å². The lowest BCUT2D eigenvalue weighted by atomic mass is 10.0. The van der Waals surface area contributed by atoms with Gasteiger partial charge in [-0.25, -0.2) is 4.98 Å². The van der Waals surface area contributed by atoms with E-state index in [4.69, 9.17) is 4.74 Å². The summed E-state index contributed by atoms with van der Waals surface area (Å²) < 4.78 is 5.48. The number of ether oxygens (including phenoxy) is 1. The SMILES string of the molecule is CCCNc1ncccc1C(=O)N(C)CC1CCCOC1. The molecule has 1 unspecified atom stereocenters. The third-order valence-electron chi connectivity index (χ3n) is 3.71. The van der Waals surface area contributed by atoms with Gasteiger partial charge in [0, 0.05) is 32.9 Å². The van der Waals surface area contributed by atoms with Crippen LogP contribution in [0.2, 0.25) is 0 Å². The van der Waals surface area contributed by atoms with Crippen LogP contribution >= 0.6 is 0 Å². The van der Waals surface area contributed by atoms with Gasteiger partial charge in [-0.15, -0.1) is 0 Å². The quantitative estimate of drug-likeness (QED) is 0.874. The average Bonchev–Trinajstić information content (AvgIpc) is 2.53. The Morgan fingerprint density at radius 2 is 2.43 bits per heavy atom. The summed E-state index contributed by atoms with van der Waals surface area (Å²) in [6.07, 6.45) is 4.93. The first kappa shape index (κ1) is 15.8. The number of nitrogens with zero attached hydrogens (tertiary/aromatic N) is 2. The maximum Gasteiger partial charge on any atom is 0.257 e. The molecule has 0 spiro atoms. The first-order chi connectivity index (χ1) is 10.2. The number of aromatic nitrogens is 1. The molecular formula is C16H25N3O2. The zero-order valence-corrected chi connectivity index (χ0v) is 13.0. The molecule has 1 N–H and O–H groups in total. The summed E-state index contributed by atoms with van der Waals surface area (Å²) in [7, 11) is 1.85. The minimum Gasteiger partial charge on any atom is -0.381 e. The predicted molar refractivity (Wildman–Crippen MR) is 83.5 cm³/mol. The lowest BCUT2D eigenvalue weighted by Gasteiger charge is -2.27. The van der Waals surface area contributed by atoms with Crippen LogP contribution < -0.4 is 5.32 Å². The molecule has 0 aromatic carbocycles. The molecule has 5 heteroatoms. The molecule has 1 aromatic heterocycles. The molecule has 1 amide bonds. The standard InChI is InChI=1S/C16H25N3O2/c1-3-8-17-15-14(7-4-9-18-15)16(20)19(2)11-13-6-5-10-21-12-13/h4,7,9,13H,3,5-6,8,10-12H2,1-2H3,(H,17,18). The molecule has 21 heavy (non-hydrogen) atoms. The molecule has 1 aliphatic heterocycles. The summed E-state index contributed by atoms with van der Waals surface area (Å²) in [6, 6.07) is 3.64. The summed E-state index contributed by atoms with van der Waals surface area (Å²) in [4.78, 5) is 18.7. The summed E-state index contributed by atoms with van der Waals surface area (Å²) in [5.41, 5.74) is 0.644. The van der Waals surface area contributed by atoms with E-state index in [1.165, 1.54) is 0 Å². The van der Waals surface area contributed by atoms with Gasteiger partial charge in [0.05, 0.1) is 12.2 Å². The fourth-order valence-corrected chi connectivity index (χ4v) is 2.59. The topological polar surface area (TPSA) is 54.5 Å². The van der Waals surface area contributed by atoms with Crippen LogP contribution in [0.15, 0.2) is 18.3 Å². The number of amides is 1. The fraction of sp³-hybridized carbons (Fsp3) is 0.625. The molecule has 0 radical (unpaired) electrons. The highest BCUT2D eigenvalue weighted by Gasteiger charge is 2.21. The molecule has 2 heterocycles. The molecule has 116 valence electrons. The second-order valence-corrected chi connectivity index (χ2v) is 5.60. The van der Waals surface area contributed by atoms with E-state index in [1.54, 1.807) is 11.1 Å². The van der Waals surface area contributed by atoms with Crippen LogP contribution in [-0.2, 0) is 4.74 Å². The number of carbonyl (C=O) groups excluding carboxylic acids is 1. The van der Waals surface area contributed by atoms with Crippen molar-refractivity contribution < 1.29 is 9.53 Å². The molecular weight excluding hydrogens is 266 g/mol. The molecule has 5 nitrogen and oxygen atoms in total. The van der Waals surface area contributed by atoms with Gasteiger partial charge in [-0.05, 0) is 37.3 Å². The van der Waals surface area contributed by atoms with E-state index < -0.39 is 0 Å². The molecule has 1 atom stereocenters. The maximum absolute atomic E-state index is 12.6. The number of anilines is 1. The molecule has 0 saturated carbocycles. The summed E-state index contributed by atoms with van der Waals surface area (Å²) in [6.45, 7) is 5.25. The summed E-state index contributed by atoms with van der Waals surface area (Å²) in [5.74, 6) is 1.14. The van der Waals surface area contributed by atoms with E-state index in [-0.39, 0.29) is 5.91 Å². The van der Waals surface area contributed by atoms with Crippen molar-refractivity contribution in [2.75, 3.05) is 38.7 Å². The number of carbonyl (C=O) groups is 1. The third-order valence-corrected chi connectivity index (χ3v) is 3.71. The van der Waals surface area contributed by atoms with Gasteiger partial charge >= 0.3 is 0 Å². The van der Waals surface area contributed by atoms with Gasteiger partial charge in [0.15, 0.2) is 0 Å². The second-order valence-electron chi connectivity index (χ2n) is 5.60. The van der Waals surface area contributed by atoms with Gasteiger partial charge < -0.3 is 15.0 Å². The van der Waals surface area contributed by atoms with Crippen molar-refractivity contribution >= 4 is 11.7 Å². The van der Waals surface area contributed by atoms with E-state index >= 15 is 0 Å². The van der Waals surface area contributed by atoms with Gasteiger partial charge in [-0.3, -0.25) is 4.79 Å². The van der Waals surface area contributed by atoms with Crippen LogP contribution in [0.25, 0.3) is 0 Å². The Bertz CT molecular complexity index is 459. The van der Waals surface area contributed by atoms with E-state index in [0.29, 0.717) is 17.3 Å². The molecule has 2 rings (SSSR count). The summed E-state index contributed by atoms with van der Waals surface area (Å²) in [5, 5.41) is 3.22. The number of hydrogen-bond donors (Lipinski definition) is 1. The Morgan fingerprint density at radius 1 is 1.57 bits per heavy atom. The monoisotopic (exact) mass is 291 g/mol. The normalized spacial score (nSPS) is 18.3. The van der Waals surface area contributed by atoms with Gasteiger partial charge in [0.2, 0.25) is 0 Å². The first-order valence-electron chi connectivity index (χ1n) is 7.74. The smallest absolute Gasteiger partial charge is 0.257 e. The molecule has 1 saturated heterocycles. The fourth-order valence-electron chi connectivity index (χ4n) is 2.59. The zero-order chi connectivity index (χ0) is 15.1. The van der Waals surface area contributed by atoms with Crippen LogP contribution in [0.4, 0.5) is 5.82 Å². The minimum absolute atomic E-state index is 0.0206. The number of rotatable bonds is 6. The first-order valence-corrected chi connectivity index (χ1v) is 7.74. The summed E-state index contributed by atoms with van der Waals surface area (Å²) >= 11 is 0. The molecule has 0 aliphatic carbocycles. The predicted octanol–water partition coefficient (Wildman–Crippen LogP) is 2.40. The van der Waals surface area contributed by atoms with Crippen molar-refractivity contribution in [2.24, 2.45) is 5.92 Å². The zero-order valence-electron chi connectivity index (χ0n) is 13.0.